The van der Waals surface area contributed by atoms with Gasteiger partial charge in [-0.2, -0.15) is 0 Å². The second-order valence-electron chi connectivity index (χ2n) is 4.39. The van der Waals surface area contributed by atoms with Gasteiger partial charge < -0.3 is 10.5 Å². The molecule has 1 aromatic carbocycles. The van der Waals surface area contributed by atoms with Crippen molar-refractivity contribution in [1.82, 2.24) is 0 Å². The Morgan fingerprint density at radius 3 is 2.47 bits per heavy atom. The van der Waals surface area contributed by atoms with Crippen molar-refractivity contribution in [1.29, 1.82) is 0 Å². The summed E-state index contributed by atoms with van der Waals surface area (Å²) in [4.78, 5) is 0. The molecule has 15 heavy (non-hydrogen) atoms. The van der Waals surface area contributed by atoms with E-state index >= 15 is 0 Å². The third-order valence-electron chi connectivity index (χ3n) is 2.82. The fourth-order valence-electron chi connectivity index (χ4n) is 2.00. The molecule has 1 aromatic rings. The van der Waals surface area contributed by atoms with Gasteiger partial charge in [0.1, 0.15) is 0 Å². The molecule has 1 aliphatic rings. The number of hydrogen-bond acceptors (Lipinski definition) is 2. The predicted octanol–water partition coefficient (Wildman–Crippen LogP) is 2.50. The molecule has 0 bridgehead atoms. The van der Waals surface area contributed by atoms with Crippen LogP contribution in [-0.4, -0.2) is 11.6 Å². The molecule has 84 valence electrons. The number of nitrogens with two attached hydrogens (primary N) is 1. The molecule has 0 radical (unpaired) electrons. The first-order valence-electron chi connectivity index (χ1n) is 5.11. The van der Waals surface area contributed by atoms with E-state index in [0.717, 1.165) is 12.8 Å². The summed E-state index contributed by atoms with van der Waals surface area (Å²) in [5.74, 6) is 0. The summed E-state index contributed by atoms with van der Waals surface area (Å²) in [5, 5.41) is 0. The molecule has 0 spiro atoms. The maximum atomic E-state index is 5.84. The molecule has 1 fully saturated rings. The first-order chi connectivity index (χ1) is 6.68. The molecule has 0 aromatic heterocycles. The summed E-state index contributed by atoms with van der Waals surface area (Å²) >= 11 is 0. The van der Waals surface area contributed by atoms with Crippen LogP contribution in [-0.2, 0) is 11.3 Å². The van der Waals surface area contributed by atoms with Crippen molar-refractivity contribution < 1.29 is 4.74 Å². The smallest absolute Gasteiger partial charge is 0.0724 e. The first-order valence-corrected chi connectivity index (χ1v) is 5.11. The van der Waals surface area contributed by atoms with Crippen molar-refractivity contribution in [3.8, 4) is 0 Å². The van der Waals surface area contributed by atoms with Crippen molar-refractivity contribution in [3.63, 3.8) is 0 Å². The molecule has 0 unspecified atom stereocenters. The number of ether oxygens (including phenoxy) is 1. The molecule has 2 rings (SSSR count). The molecular weight excluding hydrogens is 210 g/mol. The average Bonchev–Trinajstić information content (AvgIpc) is 2.15. The monoisotopic (exact) mass is 227 g/mol. The van der Waals surface area contributed by atoms with Crippen molar-refractivity contribution in [3.05, 3.63) is 35.9 Å². The highest BCUT2D eigenvalue weighted by atomic mass is 35.5. The third kappa shape index (κ3) is 3.20. The minimum atomic E-state index is 0. The Morgan fingerprint density at radius 1 is 1.33 bits per heavy atom. The maximum Gasteiger partial charge on any atom is 0.0724 e. The van der Waals surface area contributed by atoms with Crippen LogP contribution in [0.4, 0.5) is 0 Å². The highest BCUT2D eigenvalue weighted by molar-refractivity contribution is 5.85. The Bertz CT molecular complexity index is 296. The van der Waals surface area contributed by atoms with Gasteiger partial charge in [-0.15, -0.1) is 12.4 Å². The van der Waals surface area contributed by atoms with Crippen LogP contribution in [0.1, 0.15) is 25.3 Å². The molecule has 0 amide bonds. The Kier molecular flexibility index (Phi) is 4.14. The van der Waals surface area contributed by atoms with Crippen LogP contribution in [0.3, 0.4) is 0 Å². The summed E-state index contributed by atoms with van der Waals surface area (Å²) in [5.41, 5.74) is 7.00. The van der Waals surface area contributed by atoms with Gasteiger partial charge in [-0.3, -0.25) is 0 Å². The topological polar surface area (TPSA) is 35.2 Å². The maximum absolute atomic E-state index is 5.84. The van der Waals surface area contributed by atoms with Gasteiger partial charge in [-0.1, -0.05) is 30.3 Å². The van der Waals surface area contributed by atoms with Gasteiger partial charge in [0.25, 0.3) is 0 Å². The predicted molar refractivity (Wildman–Crippen MR) is 64.1 cm³/mol. The summed E-state index contributed by atoms with van der Waals surface area (Å²) in [6, 6.07) is 10.6. The Hall–Kier alpha value is -0.570. The Labute approximate surface area is 97.2 Å². The second-order valence-corrected chi connectivity index (χ2v) is 4.39. The van der Waals surface area contributed by atoms with Crippen LogP contribution in [0, 0.1) is 0 Å². The molecule has 2 N–H and O–H groups in total. The zero-order valence-corrected chi connectivity index (χ0v) is 9.80. The van der Waals surface area contributed by atoms with Gasteiger partial charge in [0.2, 0.25) is 0 Å². The van der Waals surface area contributed by atoms with Gasteiger partial charge in [-0.25, -0.2) is 0 Å². The fraction of sp³-hybridized carbons (Fsp3) is 0.500. The quantitative estimate of drug-likeness (QED) is 0.861. The van der Waals surface area contributed by atoms with Crippen molar-refractivity contribution in [2.45, 2.75) is 38.0 Å². The van der Waals surface area contributed by atoms with Gasteiger partial charge in [-0.05, 0) is 25.3 Å². The van der Waals surface area contributed by atoms with E-state index in [1.807, 2.05) is 18.2 Å². The molecule has 0 atom stereocenters. The summed E-state index contributed by atoms with van der Waals surface area (Å²) in [6.45, 7) is 2.84. The number of benzene rings is 1. The van der Waals surface area contributed by atoms with Gasteiger partial charge >= 0.3 is 0 Å². The first kappa shape index (κ1) is 12.5. The van der Waals surface area contributed by atoms with Gasteiger partial charge in [0.05, 0.1) is 12.2 Å². The van der Waals surface area contributed by atoms with Crippen LogP contribution in [0.5, 0.6) is 0 Å². The van der Waals surface area contributed by atoms with E-state index in [-0.39, 0.29) is 18.0 Å². The molecule has 2 nitrogen and oxygen atoms in total. The standard InChI is InChI=1S/C12H17NO.ClH/c1-12(7-11(13)8-12)14-9-10-5-3-2-4-6-10;/h2-6,11H,7-9,13H2,1H3;1H. The van der Waals surface area contributed by atoms with Crippen molar-refractivity contribution in [2.24, 2.45) is 5.73 Å². The second kappa shape index (κ2) is 4.97. The zero-order valence-electron chi connectivity index (χ0n) is 8.98. The van der Waals surface area contributed by atoms with Crippen LogP contribution < -0.4 is 5.73 Å². The van der Waals surface area contributed by atoms with E-state index in [2.05, 4.69) is 19.1 Å². The molecule has 0 aliphatic heterocycles. The minimum Gasteiger partial charge on any atom is -0.370 e. The Balaban J connectivity index is 0.00000112. The highest BCUT2D eigenvalue weighted by Gasteiger charge is 2.38. The van der Waals surface area contributed by atoms with E-state index in [1.54, 1.807) is 0 Å². The average molecular weight is 228 g/mol. The summed E-state index contributed by atoms with van der Waals surface area (Å²) in [6.07, 6.45) is 1.97. The van der Waals surface area contributed by atoms with Gasteiger partial charge in [0.15, 0.2) is 0 Å². The van der Waals surface area contributed by atoms with E-state index in [4.69, 9.17) is 10.5 Å². The van der Waals surface area contributed by atoms with E-state index in [9.17, 15) is 0 Å². The molecule has 1 aliphatic carbocycles. The fourth-order valence-corrected chi connectivity index (χ4v) is 2.00. The SMILES string of the molecule is CC1(OCc2ccccc2)CC(N)C1.Cl. The normalized spacial score (nSPS) is 29.1. The molecule has 0 heterocycles. The molecule has 3 heteroatoms. The van der Waals surface area contributed by atoms with Crippen LogP contribution in [0.15, 0.2) is 30.3 Å². The lowest BCUT2D eigenvalue weighted by atomic mass is 9.77. The largest absolute Gasteiger partial charge is 0.370 e. The van der Waals surface area contributed by atoms with Crippen molar-refractivity contribution in [2.75, 3.05) is 0 Å². The van der Waals surface area contributed by atoms with E-state index < -0.39 is 0 Å². The molecule has 0 saturated heterocycles. The van der Waals surface area contributed by atoms with Crippen LogP contribution >= 0.6 is 12.4 Å². The molecule has 1 saturated carbocycles. The lowest BCUT2D eigenvalue weighted by Crippen LogP contribution is -2.50. The van der Waals surface area contributed by atoms with E-state index in [1.165, 1.54) is 5.56 Å². The molecular formula is C12H18ClNO. The lowest BCUT2D eigenvalue weighted by molar-refractivity contribution is -0.104. The highest BCUT2D eigenvalue weighted by Crippen LogP contribution is 2.34. The lowest BCUT2D eigenvalue weighted by Gasteiger charge is -2.43. The number of halogens is 1. The third-order valence-corrected chi connectivity index (χ3v) is 2.82. The minimum absolute atomic E-state index is 0. The van der Waals surface area contributed by atoms with Crippen molar-refractivity contribution >= 4 is 12.4 Å². The van der Waals surface area contributed by atoms with Crippen LogP contribution in [0.2, 0.25) is 0 Å². The summed E-state index contributed by atoms with van der Waals surface area (Å²) < 4.78 is 5.84. The zero-order chi connectivity index (χ0) is 10.0. The number of rotatable bonds is 3. The van der Waals surface area contributed by atoms with E-state index in [0.29, 0.717) is 12.6 Å². The number of hydrogen-bond donors (Lipinski definition) is 1. The Morgan fingerprint density at radius 2 is 1.93 bits per heavy atom. The van der Waals surface area contributed by atoms with Gasteiger partial charge in [0, 0.05) is 6.04 Å². The summed E-state index contributed by atoms with van der Waals surface area (Å²) in [7, 11) is 0. The van der Waals surface area contributed by atoms with Crippen LogP contribution in [0.25, 0.3) is 0 Å².